The van der Waals surface area contributed by atoms with Gasteiger partial charge in [-0.15, -0.1) is 6.58 Å². The Bertz CT molecular complexity index is 256. The molecule has 0 saturated heterocycles. The minimum atomic E-state index is 0.0497. The van der Waals surface area contributed by atoms with Gasteiger partial charge in [-0.25, -0.2) is 0 Å². The zero-order valence-electron chi connectivity index (χ0n) is 8.48. The van der Waals surface area contributed by atoms with E-state index in [1.807, 2.05) is 36.4 Å². The first-order valence-corrected chi connectivity index (χ1v) is 4.65. The van der Waals surface area contributed by atoms with Crippen molar-refractivity contribution in [3.63, 3.8) is 0 Å². The maximum absolute atomic E-state index is 5.52. The second kappa shape index (κ2) is 6.35. The van der Waals surface area contributed by atoms with Crippen LogP contribution in [0.15, 0.2) is 43.0 Å². The third-order valence-electron chi connectivity index (χ3n) is 1.94. The Morgan fingerprint density at radius 1 is 1.36 bits per heavy atom. The normalized spacial score (nSPS) is 12.4. The summed E-state index contributed by atoms with van der Waals surface area (Å²) >= 11 is 0. The van der Waals surface area contributed by atoms with E-state index in [1.54, 1.807) is 7.11 Å². The summed E-state index contributed by atoms with van der Waals surface area (Å²) < 4.78 is 10.4. The monoisotopic (exact) mass is 192 g/mol. The average molecular weight is 192 g/mol. The molecule has 0 N–H and O–H groups in total. The molecule has 0 unspecified atom stereocenters. The van der Waals surface area contributed by atoms with Gasteiger partial charge in [0, 0.05) is 7.11 Å². The van der Waals surface area contributed by atoms with Gasteiger partial charge < -0.3 is 9.47 Å². The molecule has 0 bridgehead atoms. The molecule has 14 heavy (non-hydrogen) atoms. The van der Waals surface area contributed by atoms with Gasteiger partial charge in [0.2, 0.25) is 0 Å². The summed E-state index contributed by atoms with van der Waals surface area (Å²) in [5, 5.41) is 0. The van der Waals surface area contributed by atoms with Gasteiger partial charge in [-0.3, -0.25) is 0 Å². The summed E-state index contributed by atoms with van der Waals surface area (Å²) in [6, 6.07) is 10.1. The van der Waals surface area contributed by atoms with Crippen molar-refractivity contribution in [2.45, 2.75) is 12.5 Å². The van der Waals surface area contributed by atoms with Crippen LogP contribution in [0.25, 0.3) is 0 Å². The van der Waals surface area contributed by atoms with E-state index in [4.69, 9.17) is 9.47 Å². The second-order valence-corrected chi connectivity index (χ2v) is 3.00. The van der Waals surface area contributed by atoms with E-state index < -0.39 is 0 Å². The lowest BCUT2D eigenvalue weighted by molar-refractivity contribution is -0.0720. The predicted molar refractivity (Wildman–Crippen MR) is 57.0 cm³/mol. The highest BCUT2D eigenvalue weighted by atomic mass is 16.7. The van der Waals surface area contributed by atoms with Gasteiger partial charge in [0.25, 0.3) is 0 Å². The van der Waals surface area contributed by atoms with Crippen molar-refractivity contribution in [3.05, 3.63) is 48.6 Å². The molecule has 0 heterocycles. The number of hydrogen-bond donors (Lipinski definition) is 0. The third-order valence-corrected chi connectivity index (χ3v) is 1.94. The van der Waals surface area contributed by atoms with Crippen molar-refractivity contribution in [2.75, 3.05) is 13.9 Å². The molecular weight excluding hydrogens is 176 g/mol. The topological polar surface area (TPSA) is 18.5 Å². The first kappa shape index (κ1) is 11.0. The van der Waals surface area contributed by atoms with Crippen molar-refractivity contribution < 1.29 is 9.47 Å². The molecule has 0 saturated carbocycles. The van der Waals surface area contributed by atoms with Crippen LogP contribution in [0.3, 0.4) is 0 Å². The van der Waals surface area contributed by atoms with Crippen LogP contribution in [0.2, 0.25) is 0 Å². The number of hydrogen-bond acceptors (Lipinski definition) is 2. The average Bonchev–Trinajstić information content (AvgIpc) is 2.25. The summed E-state index contributed by atoms with van der Waals surface area (Å²) in [4.78, 5) is 0. The fourth-order valence-electron chi connectivity index (χ4n) is 1.27. The van der Waals surface area contributed by atoms with Gasteiger partial charge in [0.1, 0.15) is 6.79 Å². The number of benzene rings is 1. The van der Waals surface area contributed by atoms with E-state index in [2.05, 4.69) is 6.58 Å². The number of methoxy groups -OCH3 is 1. The number of rotatable bonds is 6. The van der Waals surface area contributed by atoms with Gasteiger partial charge >= 0.3 is 0 Å². The molecule has 0 aliphatic rings. The molecule has 1 aromatic rings. The number of ether oxygens (including phenoxy) is 2. The van der Waals surface area contributed by atoms with Crippen molar-refractivity contribution in [1.29, 1.82) is 0 Å². The Balaban J connectivity index is 2.62. The molecule has 0 radical (unpaired) electrons. The lowest BCUT2D eigenvalue weighted by atomic mass is 10.1. The van der Waals surface area contributed by atoms with E-state index in [-0.39, 0.29) is 6.10 Å². The first-order chi connectivity index (χ1) is 6.88. The molecule has 0 fully saturated rings. The second-order valence-electron chi connectivity index (χ2n) is 3.00. The van der Waals surface area contributed by atoms with Crippen LogP contribution in [-0.4, -0.2) is 13.9 Å². The third kappa shape index (κ3) is 3.32. The van der Waals surface area contributed by atoms with Crippen LogP contribution in [0.1, 0.15) is 18.1 Å². The fourth-order valence-corrected chi connectivity index (χ4v) is 1.27. The molecule has 1 atom stereocenters. The molecular formula is C12H16O2. The SMILES string of the molecule is C=CC[C@@H](OCOC)c1ccccc1. The van der Waals surface area contributed by atoms with E-state index in [0.29, 0.717) is 6.79 Å². The highest BCUT2D eigenvalue weighted by Crippen LogP contribution is 2.20. The highest BCUT2D eigenvalue weighted by molar-refractivity contribution is 5.18. The van der Waals surface area contributed by atoms with E-state index in [9.17, 15) is 0 Å². The summed E-state index contributed by atoms with van der Waals surface area (Å²) in [6.07, 6.45) is 2.70. The molecule has 0 aromatic heterocycles. The smallest absolute Gasteiger partial charge is 0.147 e. The van der Waals surface area contributed by atoms with Crippen LogP contribution in [-0.2, 0) is 9.47 Å². The van der Waals surface area contributed by atoms with Gasteiger partial charge in [-0.2, -0.15) is 0 Å². The molecule has 0 spiro atoms. The zero-order chi connectivity index (χ0) is 10.2. The molecule has 76 valence electrons. The molecule has 2 nitrogen and oxygen atoms in total. The molecule has 1 aromatic carbocycles. The minimum absolute atomic E-state index is 0.0497. The highest BCUT2D eigenvalue weighted by Gasteiger charge is 2.08. The molecule has 0 aliphatic carbocycles. The Labute approximate surface area is 85.2 Å². The van der Waals surface area contributed by atoms with Crippen molar-refractivity contribution in [1.82, 2.24) is 0 Å². The first-order valence-electron chi connectivity index (χ1n) is 4.65. The molecule has 1 rings (SSSR count). The maximum atomic E-state index is 5.52. The lowest BCUT2D eigenvalue weighted by Crippen LogP contribution is -2.05. The van der Waals surface area contributed by atoms with Gasteiger partial charge in [-0.1, -0.05) is 36.4 Å². The van der Waals surface area contributed by atoms with Gasteiger partial charge in [0.05, 0.1) is 6.10 Å². The predicted octanol–water partition coefficient (Wildman–Crippen LogP) is 2.92. The van der Waals surface area contributed by atoms with Crippen molar-refractivity contribution in [2.24, 2.45) is 0 Å². The molecule has 0 aliphatic heterocycles. The van der Waals surface area contributed by atoms with Crippen molar-refractivity contribution in [3.8, 4) is 0 Å². The van der Waals surface area contributed by atoms with Gasteiger partial charge in [-0.05, 0) is 12.0 Å². The van der Waals surface area contributed by atoms with E-state index in [0.717, 1.165) is 12.0 Å². The van der Waals surface area contributed by atoms with Crippen LogP contribution in [0.4, 0.5) is 0 Å². The summed E-state index contributed by atoms with van der Waals surface area (Å²) in [7, 11) is 1.62. The van der Waals surface area contributed by atoms with Crippen LogP contribution >= 0.6 is 0 Å². The fraction of sp³-hybridized carbons (Fsp3) is 0.333. The summed E-state index contributed by atoms with van der Waals surface area (Å²) in [5.41, 5.74) is 1.16. The minimum Gasteiger partial charge on any atom is -0.359 e. The van der Waals surface area contributed by atoms with Gasteiger partial charge in [0.15, 0.2) is 0 Å². The Morgan fingerprint density at radius 3 is 2.64 bits per heavy atom. The molecule has 0 amide bonds. The standard InChI is InChI=1S/C12H16O2/c1-3-7-12(14-10-13-2)11-8-5-4-6-9-11/h3-6,8-9,12H,1,7,10H2,2H3/t12-/m1/s1. The van der Waals surface area contributed by atoms with Crippen LogP contribution < -0.4 is 0 Å². The lowest BCUT2D eigenvalue weighted by Gasteiger charge is -2.15. The Hall–Kier alpha value is -1.12. The Morgan fingerprint density at radius 2 is 2.07 bits per heavy atom. The molecule has 2 heteroatoms. The Kier molecular flexibility index (Phi) is 4.97. The quantitative estimate of drug-likeness (QED) is 0.509. The maximum Gasteiger partial charge on any atom is 0.147 e. The van der Waals surface area contributed by atoms with E-state index >= 15 is 0 Å². The summed E-state index contributed by atoms with van der Waals surface area (Å²) in [6.45, 7) is 4.03. The van der Waals surface area contributed by atoms with Crippen LogP contribution in [0, 0.1) is 0 Å². The largest absolute Gasteiger partial charge is 0.359 e. The zero-order valence-corrected chi connectivity index (χ0v) is 8.48. The summed E-state index contributed by atoms with van der Waals surface area (Å²) in [5.74, 6) is 0. The van der Waals surface area contributed by atoms with Crippen molar-refractivity contribution >= 4 is 0 Å². The van der Waals surface area contributed by atoms with E-state index in [1.165, 1.54) is 0 Å². The van der Waals surface area contributed by atoms with Crippen LogP contribution in [0.5, 0.6) is 0 Å².